The first-order valence-electron chi connectivity index (χ1n) is 5.49. The predicted octanol–water partition coefficient (Wildman–Crippen LogP) is 2.68. The number of aliphatic hydroxyl groups is 1. The van der Waals surface area contributed by atoms with Crippen LogP contribution in [-0.2, 0) is 0 Å². The summed E-state index contributed by atoms with van der Waals surface area (Å²) in [5.41, 5.74) is 1.07. The van der Waals surface area contributed by atoms with Crippen LogP contribution in [0.1, 0.15) is 17.9 Å². The summed E-state index contributed by atoms with van der Waals surface area (Å²) in [6.07, 6.45) is 1.10. The minimum Gasteiger partial charge on any atom is -0.396 e. The number of nitrogens with one attached hydrogen (secondary N) is 1. The van der Waals surface area contributed by atoms with E-state index in [0.29, 0.717) is 16.0 Å². The molecule has 2 nitrogen and oxygen atoms in total. The zero-order chi connectivity index (χ0) is 11.5. The molecule has 2 unspecified atom stereocenters. The lowest BCUT2D eigenvalue weighted by atomic mass is 9.86. The number of rotatable bonds is 3. The molecule has 2 N–H and O–H groups in total. The third-order valence-electron chi connectivity index (χ3n) is 3.24. The Morgan fingerprint density at radius 3 is 2.75 bits per heavy atom. The molecule has 0 saturated carbocycles. The smallest absolute Gasteiger partial charge is 0.0595 e. The Hall–Kier alpha value is -0.280. The number of halogens is 2. The average molecular weight is 260 g/mol. The summed E-state index contributed by atoms with van der Waals surface area (Å²) < 4.78 is 0. The molecule has 0 radical (unpaired) electrons. The Morgan fingerprint density at radius 2 is 2.19 bits per heavy atom. The van der Waals surface area contributed by atoms with E-state index < -0.39 is 0 Å². The summed E-state index contributed by atoms with van der Waals surface area (Å²) in [4.78, 5) is 0. The molecular formula is C12H15Cl2NO. The highest BCUT2D eigenvalue weighted by Crippen LogP contribution is 2.32. The molecule has 1 aliphatic rings. The summed E-state index contributed by atoms with van der Waals surface area (Å²) in [7, 11) is 0. The van der Waals surface area contributed by atoms with Crippen LogP contribution in [0.15, 0.2) is 18.2 Å². The topological polar surface area (TPSA) is 32.3 Å². The van der Waals surface area contributed by atoms with Crippen molar-refractivity contribution in [2.75, 3.05) is 19.7 Å². The highest BCUT2D eigenvalue weighted by molar-refractivity contribution is 6.42. The number of aliphatic hydroxyl groups excluding tert-OH is 1. The van der Waals surface area contributed by atoms with Gasteiger partial charge in [-0.15, -0.1) is 0 Å². The Balaban J connectivity index is 2.22. The fraction of sp³-hybridized carbons (Fsp3) is 0.500. The first-order valence-corrected chi connectivity index (χ1v) is 6.24. The number of benzene rings is 1. The highest BCUT2D eigenvalue weighted by atomic mass is 35.5. The second-order valence-corrected chi connectivity index (χ2v) is 5.03. The third kappa shape index (κ3) is 2.51. The van der Waals surface area contributed by atoms with Gasteiger partial charge in [-0.1, -0.05) is 29.3 Å². The van der Waals surface area contributed by atoms with E-state index in [1.165, 1.54) is 0 Å². The van der Waals surface area contributed by atoms with Gasteiger partial charge >= 0.3 is 0 Å². The fourth-order valence-electron chi connectivity index (χ4n) is 2.29. The van der Waals surface area contributed by atoms with Crippen LogP contribution in [-0.4, -0.2) is 24.8 Å². The Labute approximate surface area is 106 Å². The van der Waals surface area contributed by atoms with E-state index in [9.17, 15) is 5.11 Å². The minimum atomic E-state index is 0.157. The normalized spacial score (nSPS) is 22.3. The SMILES string of the molecule is OCC(c1ccc(Cl)c(Cl)c1)C1CCNC1. The van der Waals surface area contributed by atoms with Gasteiger partial charge in [0.1, 0.15) is 0 Å². The summed E-state index contributed by atoms with van der Waals surface area (Å²) in [6, 6.07) is 5.61. The maximum Gasteiger partial charge on any atom is 0.0595 e. The van der Waals surface area contributed by atoms with Crippen LogP contribution in [0.5, 0.6) is 0 Å². The van der Waals surface area contributed by atoms with Gasteiger partial charge in [-0.2, -0.15) is 0 Å². The first kappa shape index (κ1) is 12.2. The largest absolute Gasteiger partial charge is 0.396 e. The van der Waals surface area contributed by atoms with Gasteiger partial charge in [-0.3, -0.25) is 0 Å². The van der Waals surface area contributed by atoms with Crippen LogP contribution in [0.3, 0.4) is 0 Å². The van der Waals surface area contributed by atoms with E-state index >= 15 is 0 Å². The van der Waals surface area contributed by atoms with Gasteiger partial charge in [-0.25, -0.2) is 0 Å². The van der Waals surface area contributed by atoms with E-state index in [0.717, 1.165) is 25.1 Å². The van der Waals surface area contributed by atoms with Crippen LogP contribution >= 0.6 is 23.2 Å². The molecule has 16 heavy (non-hydrogen) atoms. The van der Waals surface area contributed by atoms with E-state index in [1.807, 2.05) is 12.1 Å². The van der Waals surface area contributed by atoms with Crippen molar-refractivity contribution in [1.82, 2.24) is 5.32 Å². The maximum absolute atomic E-state index is 9.50. The van der Waals surface area contributed by atoms with Gasteiger partial charge in [0.25, 0.3) is 0 Å². The monoisotopic (exact) mass is 259 g/mol. The molecule has 1 aliphatic heterocycles. The quantitative estimate of drug-likeness (QED) is 0.875. The molecule has 0 bridgehead atoms. The van der Waals surface area contributed by atoms with Gasteiger partial charge in [0, 0.05) is 5.92 Å². The standard InChI is InChI=1S/C12H15Cl2NO/c13-11-2-1-8(5-12(11)14)10(7-16)9-3-4-15-6-9/h1-2,5,9-10,15-16H,3-4,6-7H2. The molecule has 2 atom stereocenters. The zero-order valence-electron chi connectivity index (χ0n) is 8.92. The lowest BCUT2D eigenvalue weighted by Gasteiger charge is -2.21. The zero-order valence-corrected chi connectivity index (χ0v) is 10.4. The van der Waals surface area contributed by atoms with E-state index in [1.54, 1.807) is 6.07 Å². The summed E-state index contributed by atoms with van der Waals surface area (Å²) in [5.74, 6) is 0.645. The van der Waals surface area contributed by atoms with Crippen molar-refractivity contribution in [3.8, 4) is 0 Å². The van der Waals surface area contributed by atoms with E-state index in [-0.39, 0.29) is 12.5 Å². The Morgan fingerprint density at radius 1 is 1.38 bits per heavy atom. The number of hydrogen-bond donors (Lipinski definition) is 2. The van der Waals surface area contributed by atoms with Gasteiger partial charge in [0.05, 0.1) is 16.7 Å². The molecule has 1 heterocycles. The van der Waals surface area contributed by atoms with Crippen molar-refractivity contribution in [3.05, 3.63) is 33.8 Å². The van der Waals surface area contributed by atoms with Crippen molar-refractivity contribution in [2.45, 2.75) is 12.3 Å². The van der Waals surface area contributed by atoms with Crippen molar-refractivity contribution in [3.63, 3.8) is 0 Å². The summed E-state index contributed by atoms with van der Waals surface area (Å²) >= 11 is 11.9. The molecular weight excluding hydrogens is 245 g/mol. The average Bonchev–Trinajstić information content (AvgIpc) is 2.78. The molecule has 4 heteroatoms. The number of hydrogen-bond acceptors (Lipinski definition) is 2. The van der Waals surface area contributed by atoms with E-state index in [4.69, 9.17) is 23.2 Å². The van der Waals surface area contributed by atoms with Crippen LogP contribution in [0.4, 0.5) is 0 Å². The van der Waals surface area contributed by atoms with Crippen LogP contribution in [0, 0.1) is 5.92 Å². The third-order valence-corrected chi connectivity index (χ3v) is 3.98. The summed E-state index contributed by atoms with van der Waals surface area (Å²) in [5, 5.41) is 13.9. The van der Waals surface area contributed by atoms with Crippen molar-refractivity contribution < 1.29 is 5.11 Å². The molecule has 1 saturated heterocycles. The summed E-state index contributed by atoms with van der Waals surface area (Å²) in [6.45, 7) is 2.15. The second kappa shape index (κ2) is 5.37. The first-order chi connectivity index (χ1) is 7.72. The lowest BCUT2D eigenvalue weighted by Crippen LogP contribution is -2.19. The maximum atomic E-state index is 9.50. The Bertz CT molecular complexity index is 364. The van der Waals surface area contributed by atoms with Crippen LogP contribution < -0.4 is 5.32 Å². The van der Waals surface area contributed by atoms with Gasteiger partial charge in [0.2, 0.25) is 0 Å². The van der Waals surface area contributed by atoms with Gasteiger partial charge < -0.3 is 10.4 Å². The predicted molar refractivity (Wildman–Crippen MR) is 67.3 cm³/mol. The molecule has 0 aliphatic carbocycles. The molecule has 0 aromatic heterocycles. The second-order valence-electron chi connectivity index (χ2n) is 4.22. The van der Waals surface area contributed by atoms with E-state index in [2.05, 4.69) is 5.32 Å². The minimum absolute atomic E-state index is 0.157. The molecule has 2 rings (SSSR count). The van der Waals surface area contributed by atoms with Gasteiger partial charge in [0.15, 0.2) is 0 Å². The molecule has 1 aromatic rings. The molecule has 1 aromatic carbocycles. The van der Waals surface area contributed by atoms with Crippen molar-refractivity contribution in [1.29, 1.82) is 0 Å². The van der Waals surface area contributed by atoms with Crippen LogP contribution in [0.2, 0.25) is 10.0 Å². The van der Waals surface area contributed by atoms with Gasteiger partial charge in [-0.05, 0) is 43.1 Å². The lowest BCUT2D eigenvalue weighted by molar-refractivity contribution is 0.231. The molecule has 1 fully saturated rings. The molecule has 88 valence electrons. The molecule has 0 spiro atoms. The highest BCUT2D eigenvalue weighted by Gasteiger charge is 2.25. The van der Waals surface area contributed by atoms with Crippen LogP contribution in [0.25, 0.3) is 0 Å². The fourth-order valence-corrected chi connectivity index (χ4v) is 2.60. The molecule has 0 amide bonds. The van der Waals surface area contributed by atoms with Crippen molar-refractivity contribution >= 4 is 23.2 Å². The van der Waals surface area contributed by atoms with Crippen molar-refractivity contribution in [2.24, 2.45) is 5.92 Å². The Kier molecular flexibility index (Phi) is 4.09.